The first-order chi connectivity index (χ1) is 18.8. The summed E-state index contributed by atoms with van der Waals surface area (Å²) < 4.78 is 78.1. The van der Waals surface area contributed by atoms with Crippen LogP contribution in [0.1, 0.15) is 30.4 Å². The maximum Gasteiger partial charge on any atom is 0.423 e. The number of nitrogens with one attached hydrogen (secondary N) is 1. The van der Waals surface area contributed by atoms with Crippen LogP contribution in [-0.2, 0) is 12.4 Å². The Morgan fingerprint density at radius 3 is 2.25 bits per heavy atom. The number of hydrogen-bond acceptors (Lipinski definition) is 7. The van der Waals surface area contributed by atoms with Crippen molar-refractivity contribution in [2.24, 2.45) is 0 Å². The van der Waals surface area contributed by atoms with Crippen molar-refractivity contribution < 1.29 is 36.4 Å². The van der Waals surface area contributed by atoms with Gasteiger partial charge in [-0.2, -0.15) is 26.3 Å². The predicted octanol–water partition coefficient (Wildman–Crippen LogP) is 5.04. The Hall–Kier alpha value is -3.10. The molecule has 2 saturated heterocycles. The molecule has 0 bridgehead atoms. The van der Waals surface area contributed by atoms with Crippen LogP contribution in [0.15, 0.2) is 42.5 Å². The van der Waals surface area contributed by atoms with Crippen LogP contribution in [0.25, 0.3) is 0 Å². The number of anilines is 2. The fourth-order valence-corrected chi connectivity index (χ4v) is 5.19. The van der Waals surface area contributed by atoms with Gasteiger partial charge in [-0.05, 0) is 62.2 Å². The molecule has 40 heavy (non-hydrogen) atoms. The van der Waals surface area contributed by atoms with Gasteiger partial charge in [0.1, 0.15) is 11.8 Å². The maximum absolute atomic E-state index is 13.3. The number of benzene rings is 2. The number of nitro benzene ring substituents is 1. The molecular weight excluding hydrogens is 544 g/mol. The molecule has 0 amide bonds. The highest BCUT2D eigenvalue weighted by Crippen LogP contribution is 2.38. The molecule has 2 heterocycles. The highest BCUT2D eigenvalue weighted by atomic mass is 19.4. The van der Waals surface area contributed by atoms with E-state index in [0.717, 1.165) is 56.0 Å². The summed E-state index contributed by atoms with van der Waals surface area (Å²) >= 11 is 0. The molecule has 2 aliphatic heterocycles. The van der Waals surface area contributed by atoms with Gasteiger partial charge in [-0.1, -0.05) is 0 Å². The molecule has 2 aliphatic rings. The van der Waals surface area contributed by atoms with Gasteiger partial charge >= 0.3 is 12.4 Å². The van der Waals surface area contributed by atoms with Gasteiger partial charge in [0.2, 0.25) is 0 Å². The number of aliphatic hydroxyl groups excluding tert-OH is 1. The average molecular weight is 576 g/mol. The Morgan fingerprint density at radius 2 is 1.65 bits per heavy atom. The zero-order valence-corrected chi connectivity index (χ0v) is 21.6. The molecule has 4 rings (SSSR count). The second-order valence-corrected chi connectivity index (χ2v) is 10.1. The number of alkyl halides is 6. The molecule has 2 atom stereocenters. The van der Waals surface area contributed by atoms with Gasteiger partial charge in [0, 0.05) is 62.8 Å². The first kappa shape index (κ1) is 29.9. The summed E-state index contributed by atoms with van der Waals surface area (Å²) in [4.78, 5) is 16.0. The SMILES string of the molecule is O=[N+]([O-])c1ccc(N[C@@H]2CCN(C(O)CCCN3CCN(c4ccc(C(F)(F)F)cc4)CC3)C2)cc1C(F)(F)F. The van der Waals surface area contributed by atoms with Gasteiger partial charge in [0.15, 0.2) is 0 Å². The van der Waals surface area contributed by atoms with Crippen molar-refractivity contribution in [3.05, 3.63) is 63.7 Å². The summed E-state index contributed by atoms with van der Waals surface area (Å²) in [5.74, 6) is 0. The molecule has 2 aromatic carbocycles. The van der Waals surface area contributed by atoms with E-state index in [-0.39, 0.29) is 11.7 Å². The Labute approximate surface area is 227 Å². The molecule has 0 aliphatic carbocycles. The molecule has 0 radical (unpaired) electrons. The van der Waals surface area contributed by atoms with Gasteiger partial charge in [-0.3, -0.25) is 19.9 Å². The molecule has 14 heteroatoms. The number of halogens is 6. The molecule has 220 valence electrons. The van der Waals surface area contributed by atoms with E-state index < -0.39 is 40.3 Å². The maximum atomic E-state index is 13.3. The number of likely N-dealkylation sites (tertiary alicyclic amines) is 1. The van der Waals surface area contributed by atoms with Crippen molar-refractivity contribution in [3.63, 3.8) is 0 Å². The number of nitro groups is 1. The molecule has 2 N–H and O–H groups in total. The third-order valence-corrected chi connectivity index (χ3v) is 7.38. The molecule has 1 unspecified atom stereocenters. The van der Waals surface area contributed by atoms with E-state index in [1.54, 1.807) is 0 Å². The van der Waals surface area contributed by atoms with Crippen LogP contribution in [0, 0.1) is 10.1 Å². The molecular formula is C26H31F6N5O3. The van der Waals surface area contributed by atoms with E-state index in [1.165, 1.54) is 18.2 Å². The summed E-state index contributed by atoms with van der Waals surface area (Å²) in [5.41, 5.74) is -2.09. The smallest absolute Gasteiger partial charge is 0.381 e. The summed E-state index contributed by atoms with van der Waals surface area (Å²) in [5, 5.41) is 24.6. The third-order valence-electron chi connectivity index (χ3n) is 7.38. The average Bonchev–Trinajstić information content (AvgIpc) is 3.36. The van der Waals surface area contributed by atoms with E-state index in [9.17, 15) is 41.6 Å². The highest BCUT2D eigenvalue weighted by Gasteiger charge is 2.39. The molecule has 0 spiro atoms. The molecule has 0 aromatic heterocycles. The van der Waals surface area contributed by atoms with Crippen molar-refractivity contribution in [2.75, 3.05) is 56.0 Å². The lowest BCUT2D eigenvalue weighted by Gasteiger charge is -2.36. The lowest BCUT2D eigenvalue weighted by atomic mass is 10.1. The number of rotatable bonds is 9. The lowest BCUT2D eigenvalue weighted by Crippen LogP contribution is -2.46. The van der Waals surface area contributed by atoms with Crippen molar-refractivity contribution in [1.29, 1.82) is 0 Å². The number of nitrogens with zero attached hydrogens (tertiary/aromatic N) is 4. The Kier molecular flexibility index (Phi) is 9.10. The van der Waals surface area contributed by atoms with Crippen LogP contribution in [0.2, 0.25) is 0 Å². The minimum atomic E-state index is -4.85. The van der Waals surface area contributed by atoms with Crippen molar-refractivity contribution in [1.82, 2.24) is 9.80 Å². The molecule has 0 saturated carbocycles. The topological polar surface area (TPSA) is 85.1 Å². The van der Waals surface area contributed by atoms with E-state index >= 15 is 0 Å². The number of piperazine rings is 1. The summed E-state index contributed by atoms with van der Waals surface area (Å²) in [6, 6.07) is 7.79. The zero-order chi connectivity index (χ0) is 29.1. The molecule has 2 aromatic rings. The largest absolute Gasteiger partial charge is 0.423 e. The first-order valence-corrected chi connectivity index (χ1v) is 13.0. The number of hydrogen-bond donors (Lipinski definition) is 2. The summed E-state index contributed by atoms with van der Waals surface area (Å²) in [7, 11) is 0. The highest BCUT2D eigenvalue weighted by molar-refractivity contribution is 5.55. The van der Waals surface area contributed by atoms with E-state index in [2.05, 4.69) is 10.2 Å². The quantitative estimate of drug-likeness (QED) is 0.246. The standard InChI is InChI=1S/C26H31F6N5O3/c27-25(28,29)18-3-6-21(7-4-18)35-14-12-34(13-15-35)10-1-2-24(38)36-11-9-20(17-36)33-19-5-8-23(37(39)40)22(16-19)26(30,31)32/h3-8,16,20,24,33,38H,1-2,9-15,17H2/t20-,24?/m1/s1. The van der Waals surface area contributed by atoms with Crippen LogP contribution in [-0.4, -0.2) is 77.9 Å². The normalized spacial score (nSPS) is 20.1. The van der Waals surface area contributed by atoms with Crippen LogP contribution in [0.5, 0.6) is 0 Å². The van der Waals surface area contributed by atoms with Gasteiger partial charge in [-0.15, -0.1) is 0 Å². The van der Waals surface area contributed by atoms with Crippen LogP contribution >= 0.6 is 0 Å². The third kappa shape index (κ3) is 7.55. The fraction of sp³-hybridized carbons (Fsp3) is 0.538. The van der Waals surface area contributed by atoms with Gasteiger partial charge in [0.05, 0.1) is 10.5 Å². The van der Waals surface area contributed by atoms with E-state index in [0.29, 0.717) is 39.0 Å². The monoisotopic (exact) mass is 575 g/mol. The number of aliphatic hydroxyl groups is 1. The second kappa shape index (κ2) is 12.2. The van der Waals surface area contributed by atoms with Crippen LogP contribution in [0.4, 0.5) is 43.4 Å². The Morgan fingerprint density at radius 1 is 0.975 bits per heavy atom. The predicted molar refractivity (Wildman–Crippen MR) is 137 cm³/mol. The molecule has 2 fully saturated rings. The molecule has 8 nitrogen and oxygen atoms in total. The summed E-state index contributed by atoms with van der Waals surface area (Å²) in [6.07, 6.45) is -8.08. The second-order valence-electron chi connectivity index (χ2n) is 10.1. The minimum absolute atomic E-state index is 0.134. The van der Waals surface area contributed by atoms with Gasteiger partial charge in [0.25, 0.3) is 5.69 Å². The Bertz CT molecular complexity index is 1150. The van der Waals surface area contributed by atoms with Crippen LogP contribution < -0.4 is 10.2 Å². The van der Waals surface area contributed by atoms with E-state index in [1.807, 2.05) is 9.80 Å². The lowest BCUT2D eigenvalue weighted by molar-refractivity contribution is -0.388. The van der Waals surface area contributed by atoms with Crippen LogP contribution in [0.3, 0.4) is 0 Å². The minimum Gasteiger partial charge on any atom is -0.381 e. The fourth-order valence-electron chi connectivity index (χ4n) is 5.19. The first-order valence-electron chi connectivity index (χ1n) is 13.0. The van der Waals surface area contributed by atoms with Gasteiger partial charge < -0.3 is 15.3 Å². The van der Waals surface area contributed by atoms with Gasteiger partial charge in [-0.25, -0.2) is 0 Å². The van der Waals surface area contributed by atoms with Crippen molar-refractivity contribution in [2.45, 2.75) is 43.9 Å². The summed E-state index contributed by atoms with van der Waals surface area (Å²) in [6.45, 7) is 4.62. The zero-order valence-electron chi connectivity index (χ0n) is 21.6. The van der Waals surface area contributed by atoms with Crippen molar-refractivity contribution in [3.8, 4) is 0 Å². The van der Waals surface area contributed by atoms with Crippen molar-refractivity contribution >= 4 is 17.1 Å². The Balaban J connectivity index is 1.18. The van der Waals surface area contributed by atoms with E-state index in [4.69, 9.17) is 0 Å².